The number of carbonyl (C=O) groups excluding carboxylic acids is 1. The fourth-order valence-corrected chi connectivity index (χ4v) is 4.20. The van der Waals surface area contributed by atoms with Crippen molar-refractivity contribution in [1.29, 1.82) is 0 Å². The highest BCUT2D eigenvalue weighted by molar-refractivity contribution is 5.77. The molecular formula is C20H31N3O2. The Morgan fingerprint density at radius 3 is 2.76 bits per heavy atom. The minimum absolute atomic E-state index is 0.0534. The van der Waals surface area contributed by atoms with Crippen molar-refractivity contribution in [2.45, 2.75) is 32.2 Å². The molecule has 2 aliphatic rings. The van der Waals surface area contributed by atoms with E-state index in [1.54, 1.807) is 7.11 Å². The Morgan fingerprint density at radius 1 is 1.24 bits per heavy atom. The predicted octanol–water partition coefficient (Wildman–Crippen LogP) is 2.19. The highest BCUT2D eigenvalue weighted by Gasteiger charge is 2.31. The Balaban J connectivity index is 1.70. The molecule has 1 aromatic carbocycles. The summed E-state index contributed by atoms with van der Waals surface area (Å²) in [6.45, 7) is 6.82. The van der Waals surface area contributed by atoms with Gasteiger partial charge >= 0.3 is 0 Å². The molecule has 5 heteroatoms. The third-order valence-corrected chi connectivity index (χ3v) is 5.75. The van der Waals surface area contributed by atoms with E-state index in [0.29, 0.717) is 18.3 Å². The standard InChI is InChI=1S/C20H31N3O2/c1-15(16-7-9-21-10-8-16)13-20(24)23-12-11-22-14-18(23)17-5-3-4-6-19(17)25-2/h3-6,15-16,18,21-22H,7-14H2,1-2H3. The van der Waals surface area contributed by atoms with Crippen LogP contribution >= 0.6 is 0 Å². The van der Waals surface area contributed by atoms with Crippen LogP contribution in [-0.4, -0.2) is 50.6 Å². The number of benzene rings is 1. The Kier molecular flexibility index (Phi) is 6.32. The maximum Gasteiger partial charge on any atom is 0.223 e. The van der Waals surface area contributed by atoms with E-state index in [-0.39, 0.29) is 11.9 Å². The van der Waals surface area contributed by atoms with Gasteiger partial charge in [-0.15, -0.1) is 0 Å². The summed E-state index contributed by atoms with van der Waals surface area (Å²) in [5, 5.41) is 6.84. The molecule has 2 heterocycles. The molecule has 5 nitrogen and oxygen atoms in total. The summed E-state index contributed by atoms with van der Waals surface area (Å²) in [5.74, 6) is 2.25. The number of piperazine rings is 1. The minimum atomic E-state index is 0.0534. The zero-order chi connectivity index (χ0) is 17.6. The zero-order valence-electron chi connectivity index (χ0n) is 15.5. The summed E-state index contributed by atoms with van der Waals surface area (Å²) in [4.78, 5) is 15.1. The molecule has 1 amide bonds. The van der Waals surface area contributed by atoms with Gasteiger partial charge in [0.1, 0.15) is 5.75 Å². The van der Waals surface area contributed by atoms with Crippen molar-refractivity contribution in [3.8, 4) is 5.75 Å². The van der Waals surface area contributed by atoms with E-state index in [2.05, 4.69) is 28.5 Å². The summed E-state index contributed by atoms with van der Waals surface area (Å²) in [6.07, 6.45) is 3.02. The van der Waals surface area contributed by atoms with Crippen LogP contribution in [0.2, 0.25) is 0 Å². The van der Waals surface area contributed by atoms with Crippen molar-refractivity contribution in [3.05, 3.63) is 29.8 Å². The van der Waals surface area contributed by atoms with E-state index in [1.165, 1.54) is 12.8 Å². The molecule has 0 aromatic heterocycles. The first-order valence-corrected chi connectivity index (χ1v) is 9.54. The van der Waals surface area contributed by atoms with Gasteiger partial charge in [-0.2, -0.15) is 0 Å². The average Bonchev–Trinajstić information content (AvgIpc) is 2.68. The topological polar surface area (TPSA) is 53.6 Å². The highest BCUT2D eigenvalue weighted by Crippen LogP contribution is 2.32. The SMILES string of the molecule is COc1ccccc1C1CNCCN1C(=O)CC(C)C1CCNCC1. The molecule has 2 aliphatic heterocycles. The first kappa shape index (κ1) is 18.2. The first-order valence-electron chi connectivity index (χ1n) is 9.54. The van der Waals surface area contributed by atoms with Crippen LogP contribution in [0.3, 0.4) is 0 Å². The second-order valence-corrected chi connectivity index (χ2v) is 7.32. The van der Waals surface area contributed by atoms with Gasteiger partial charge in [-0.25, -0.2) is 0 Å². The number of methoxy groups -OCH3 is 1. The number of nitrogens with zero attached hydrogens (tertiary/aromatic N) is 1. The third-order valence-electron chi connectivity index (χ3n) is 5.75. The van der Waals surface area contributed by atoms with Gasteiger partial charge in [0, 0.05) is 31.6 Å². The monoisotopic (exact) mass is 345 g/mol. The number of hydrogen-bond acceptors (Lipinski definition) is 4. The Bertz CT molecular complexity index is 572. The van der Waals surface area contributed by atoms with Gasteiger partial charge in [0.15, 0.2) is 0 Å². The van der Waals surface area contributed by atoms with Gasteiger partial charge in [-0.3, -0.25) is 4.79 Å². The van der Waals surface area contributed by atoms with Crippen LogP contribution in [0.25, 0.3) is 0 Å². The van der Waals surface area contributed by atoms with Crippen molar-refractivity contribution in [3.63, 3.8) is 0 Å². The summed E-state index contributed by atoms with van der Waals surface area (Å²) < 4.78 is 5.53. The summed E-state index contributed by atoms with van der Waals surface area (Å²) in [7, 11) is 1.69. The lowest BCUT2D eigenvalue weighted by atomic mass is 9.83. The summed E-state index contributed by atoms with van der Waals surface area (Å²) >= 11 is 0. The van der Waals surface area contributed by atoms with E-state index < -0.39 is 0 Å². The maximum atomic E-state index is 13.1. The van der Waals surface area contributed by atoms with E-state index in [1.807, 2.05) is 18.2 Å². The molecule has 3 rings (SSSR count). The molecule has 0 aliphatic carbocycles. The average molecular weight is 345 g/mol. The lowest BCUT2D eigenvalue weighted by Gasteiger charge is -2.38. The number of hydrogen-bond donors (Lipinski definition) is 2. The normalized spacial score (nSPS) is 23.3. The number of piperidine rings is 1. The van der Waals surface area contributed by atoms with Gasteiger partial charge in [0.05, 0.1) is 13.2 Å². The van der Waals surface area contributed by atoms with E-state index in [9.17, 15) is 4.79 Å². The molecule has 2 saturated heterocycles. The molecule has 0 saturated carbocycles. The number of rotatable bonds is 5. The van der Waals surface area contributed by atoms with Crippen LogP contribution in [0.15, 0.2) is 24.3 Å². The number of para-hydroxylation sites is 1. The van der Waals surface area contributed by atoms with Gasteiger partial charge in [-0.05, 0) is 43.8 Å². The predicted molar refractivity (Wildman–Crippen MR) is 99.7 cm³/mol. The third kappa shape index (κ3) is 4.33. The molecule has 2 atom stereocenters. The number of ether oxygens (including phenoxy) is 1. The molecule has 2 fully saturated rings. The second kappa shape index (κ2) is 8.68. The lowest BCUT2D eigenvalue weighted by molar-refractivity contribution is -0.136. The van der Waals surface area contributed by atoms with Crippen molar-refractivity contribution < 1.29 is 9.53 Å². The molecule has 0 bridgehead atoms. The number of carbonyl (C=O) groups is 1. The molecule has 2 N–H and O–H groups in total. The number of amides is 1. The van der Waals surface area contributed by atoms with Gasteiger partial charge in [0.25, 0.3) is 0 Å². The largest absolute Gasteiger partial charge is 0.496 e. The minimum Gasteiger partial charge on any atom is -0.496 e. The van der Waals surface area contributed by atoms with Gasteiger partial charge < -0.3 is 20.3 Å². The lowest BCUT2D eigenvalue weighted by Crippen LogP contribution is -2.49. The summed E-state index contributed by atoms with van der Waals surface area (Å²) in [5.41, 5.74) is 1.10. The van der Waals surface area contributed by atoms with Crippen molar-refractivity contribution >= 4 is 5.91 Å². The molecule has 138 valence electrons. The summed E-state index contributed by atoms with van der Waals surface area (Å²) in [6, 6.07) is 8.10. The van der Waals surface area contributed by atoms with Gasteiger partial charge in [-0.1, -0.05) is 25.1 Å². The first-order chi connectivity index (χ1) is 12.2. The smallest absolute Gasteiger partial charge is 0.223 e. The Morgan fingerprint density at radius 2 is 2.00 bits per heavy atom. The van der Waals surface area contributed by atoms with Crippen molar-refractivity contribution in [2.24, 2.45) is 11.8 Å². The molecule has 2 unspecified atom stereocenters. The molecule has 1 aromatic rings. The Labute approximate surface area is 151 Å². The van der Waals surface area contributed by atoms with Crippen LogP contribution in [0.4, 0.5) is 0 Å². The molecule has 0 radical (unpaired) electrons. The molecule has 0 spiro atoms. The fraction of sp³-hybridized carbons (Fsp3) is 0.650. The van der Waals surface area contributed by atoms with E-state index >= 15 is 0 Å². The Hall–Kier alpha value is -1.59. The van der Waals surface area contributed by atoms with Crippen LogP contribution < -0.4 is 15.4 Å². The van der Waals surface area contributed by atoms with E-state index in [4.69, 9.17) is 4.74 Å². The van der Waals surface area contributed by atoms with Crippen molar-refractivity contribution in [2.75, 3.05) is 39.8 Å². The van der Waals surface area contributed by atoms with Crippen molar-refractivity contribution in [1.82, 2.24) is 15.5 Å². The zero-order valence-corrected chi connectivity index (χ0v) is 15.5. The maximum absolute atomic E-state index is 13.1. The fourth-order valence-electron chi connectivity index (χ4n) is 4.20. The quantitative estimate of drug-likeness (QED) is 0.859. The van der Waals surface area contributed by atoms with Gasteiger partial charge in [0.2, 0.25) is 5.91 Å². The van der Waals surface area contributed by atoms with Crippen LogP contribution in [-0.2, 0) is 4.79 Å². The molecular weight excluding hydrogens is 314 g/mol. The molecule has 25 heavy (non-hydrogen) atoms. The van der Waals surface area contributed by atoms with Crippen LogP contribution in [0.5, 0.6) is 5.75 Å². The van der Waals surface area contributed by atoms with E-state index in [0.717, 1.165) is 44.0 Å². The number of nitrogens with one attached hydrogen (secondary N) is 2. The van der Waals surface area contributed by atoms with Crippen LogP contribution in [0.1, 0.15) is 37.8 Å². The second-order valence-electron chi connectivity index (χ2n) is 7.32. The van der Waals surface area contributed by atoms with Crippen LogP contribution in [0, 0.1) is 11.8 Å². The highest BCUT2D eigenvalue weighted by atomic mass is 16.5.